The topological polar surface area (TPSA) is 133 Å². The van der Waals surface area contributed by atoms with Gasteiger partial charge >= 0.3 is 6.09 Å². The number of hydrazone groups is 1. The average molecular weight is 289 g/mol. The van der Waals surface area contributed by atoms with Gasteiger partial charge in [0.2, 0.25) is 5.71 Å². The molecule has 0 unspecified atom stereocenters. The first-order chi connectivity index (χ1) is 10.1. The lowest BCUT2D eigenvalue weighted by Crippen LogP contribution is -2.36. The second-order valence-corrected chi connectivity index (χ2v) is 3.50. The van der Waals surface area contributed by atoms with Crippen LogP contribution in [0.1, 0.15) is 6.92 Å². The van der Waals surface area contributed by atoms with Crippen LogP contribution in [-0.4, -0.2) is 24.3 Å². The van der Waals surface area contributed by atoms with E-state index in [0.29, 0.717) is 5.69 Å². The molecule has 1 aromatic carbocycles. The van der Waals surface area contributed by atoms with Gasteiger partial charge in [0.05, 0.1) is 12.3 Å². The summed E-state index contributed by atoms with van der Waals surface area (Å²) >= 11 is 0. The maximum atomic E-state index is 11.5. The Morgan fingerprint density at radius 3 is 2.81 bits per heavy atom. The van der Waals surface area contributed by atoms with Gasteiger partial charge in [0.1, 0.15) is 11.8 Å². The van der Waals surface area contributed by atoms with E-state index in [9.17, 15) is 14.5 Å². The van der Waals surface area contributed by atoms with E-state index >= 15 is 0 Å². The van der Waals surface area contributed by atoms with Gasteiger partial charge in [-0.3, -0.25) is 15.5 Å². The van der Waals surface area contributed by atoms with Crippen LogP contribution in [0.15, 0.2) is 34.5 Å². The third kappa shape index (κ3) is 5.07. The Morgan fingerprint density at radius 2 is 2.19 bits per heavy atom. The largest absolute Gasteiger partial charge is 0.450 e. The molecule has 0 spiro atoms. The summed E-state index contributed by atoms with van der Waals surface area (Å²) < 4.78 is 4.50. The van der Waals surface area contributed by atoms with Crippen molar-refractivity contribution >= 4 is 29.1 Å². The lowest BCUT2D eigenvalue weighted by Gasteiger charge is -2.03. The molecule has 9 nitrogen and oxygen atoms in total. The fourth-order valence-corrected chi connectivity index (χ4v) is 1.20. The highest BCUT2D eigenvalue weighted by Crippen LogP contribution is 2.17. The maximum absolute atomic E-state index is 11.5. The zero-order chi connectivity index (χ0) is 15.7. The third-order valence-corrected chi connectivity index (χ3v) is 2.06. The zero-order valence-corrected chi connectivity index (χ0v) is 11.0. The van der Waals surface area contributed by atoms with Crippen LogP contribution in [0.25, 0.3) is 0 Å². The van der Waals surface area contributed by atoms with Crippen LogP contribution in [0.5, 0.6) is 0 Å². The van der Waals surface area contributed by atoms with Crippen LogP contribution >= 0.6 is 0 Å². The molecule has 0 bridgehead atoms. The van der Waals surface area contributed by atoms with E-state index < -0.39 is 17.7 Å². The van der Waals surface area contributed by atoms with Crippen LogP contribution in [0.4, 0.5) is 16.2 Å². The number of imide groups is 1. The number of amides is 2. The highest BCUT2D eigenvalue weighted by atomic mass is 16.5. The number of anilines is 1. The van der Waals surface area contributed by atoms with Crippen LogP contribution in [0.2, 0.25) is 0 Å². The van der Waals surface area contributed by atoms with Crippen molar-refractivity contribution in [2.24, 2.45) is 10.3 Å². The van der Waals surface area contributed by atoms with E-state index in [0.717, 1.165) is 0 Å². The molecule has 0 heterocycles. The summed E-state index contributed by atoms with van der Waals surface area (Å²) in [5, 5.41) is 16.9. The van der Waals surface area contributed by atoms with E-state index in [4.69, 9.17) is 5.26 Å². The predicted octanol–water partition coefficient (Wildman–Crippen LogP) is 1.65. The van der Waals surface area contributed by atoms with Gasteiger partial charge < -0.3 is 4.74 Å². The summed E-state index contributed by atoms with van der Waals surface area (Å²) in [6.45, 7) is 1.65. The third-order valence-electron chi connectivity index (χ3n) is 2.06. The fraction of sp³-hybridized carbons (Fsp3) is 0.167. The Hall–Kier alpha value is -3.28. The molecule has 0 aliphatic rings. The lowest BCUT2D eigenvalue weighted by molar-refractivity contribution is -0.114. The molecular formula is C12H11N5O4. The van der Waals surface area contributed by atoms with Crippen molar-refractivity contribution in [3.05, 3.63) is 29.2 Å². The quantitative estimate of drug-likeness (QED) is 0.481. The number of carbonyl (C=O) groups is 2. The summed E-state index contributed by atoms with van der Waals surface area (Å²) in [5.74, 6) is -1.01. The highest BCUT2D eigenvalue weighted by Gasteiger charge is 2.15. The molecular weight excluding hydrogens is 278 g/mol. The van der Waals surface area contributed by atoms with Gasteiger partial charge in [-0.2, -0.15) is 10.4 Å². The van der Waals surface area contributed by atoms with Crippen LogP contribution in [-0.2, 0) is 9.53 Å². The molecule has 2 N–H and O–H groups in total. The molecule has 9 heteroatoms. The first-order valence-electron chi connectivity index (χ1n) is 5.76. The molecule has 0 saturated carbocycles. The van der Waals surface area contributed by atoms with Gasteiger partial charge in [0.15, 0.2) is 0 Å². The van der Waals surface area contributed by atoms with Crippen LogP contribution in [0.3, 0.4) is 0 Å². The van der Waals surface area contributed by atoms with Gasteiger partial charge in [-0.15, -0.1) is 4.91 Å². The van der Waals surface area contributed by atoms with Gasteiger partial charge in [-0.1, -0.05) is 6.07 Å². The van der Waals surface area contributed by atoms with E-state index in [1.807, 2.05) is 5.32 Å². The number of nitriles is 1. The molecule has 1 aromatic rings. The molecule has 0 aromatic heterocycles. The predicted molar refractivity (Wildman–Crippen MR) is 73.7 cm³/mol. The molecule has 0 saturated heterocycles. The average Bonchev–Trinajstić information content (AvgIpc) is 2.48. The molecule has 0 radical (unpaired) electrons. The van der Waals surface area contributed by atoms with Gasteiger partial charge in [-0.05, 0) is 30.3 Å². The molecule has 21 heavy (non-hydrogen) atoms. The number of alkyl carbamates (subject to hydrolysis) is 1. The summed E-state index contributed by atoms with van der Waals surface area (Å²) in [4.78, 5) is 32.9. The summed E-state index contributed by atoms with van der Waals surface area (Å²) in [6, 6.07) is 7.47. The Morgan fingerprint density at radius 1 is 1.43 bits per heavy atom. The summed E-state index contributed by atoms with van der Waals surface area (Å²) in [5.41, 5.74) is 2.34. The van der Waals surface area contributed by atoms with Crippen molar-refractivity contribution in [1.29, 1.82) is 5.26 Å². The minimum absolute atomic E-state index is 0.0852. The number of hydrogen-bond acceptors (Lipinski definition) is 8. The van der Waals surface area contributed by atoms with Gasteiger partial charge in [-0.25, -0.2) is 4.79 Å². The number of rotatable bonds is 5. The van der Waals surface area contributed by atoms with Crippen molar-refractivity contribution in [3.8, 4) is 6.07 Å². The normalized spacial score (nSPS) is 10.2. The fourth-order valence-electron chi connectivity index (χ4n) is 1.20. The smallest absolute Gasteiger partial charge is 0.414 e. The molecule has 2 amide bonds. The Kier molecular flexibility index (Phi) is 6.01. The van der Waals surface area contributed by atoms with Crippen molar-refractivity contribution < 1.29 is 14.3 Å². The molecule has 1 rings (SSSR count). The minimum atomic E-state index is -1.01. The van der Waals surface area contributed by atoms with Crippen molar-refractivity contribution in [2.75, 3.05) is 12.0 Å². The minimum Gasteiger partial charge on any atom is -0.450 e. The Balaban J connectivity index is 2.75. The second-order valence-electron chi connectivity index (χ2n) is 3.50. The van der Waals surface area contributed by atoms with E-state index in [1.54, 1.807) is 19.1 Å². The van der Waals surface area contributed by atoms with Crippen LogP contribution in [0, 0.1) is 16.2 Å². The highest BCUT2D eigenvalue weighted by molar-refractivity contribution is 6.46. The second kappa shape index (κ2) is 8.00. The maximum Gasteiger partial charge on any atom is 0.414 e. The first kappa shape index (κ1) is 15.8. The van der Waals surface area contributed by atoms with Crippen molar-refractivity contribution in [2.45, 2.75) is 6.92 Å². The number of nitroso groups, excluding NO2 is 1. The molecule has 0 fully saturated rings. The molecule has 108 valence electrons. The zero-order valence-electron chi connectivity index (χ0n) is 11.0. The SMILES string of the molecule is CCOC(=O)NC(=O)/C(C#N)=N\Nc1cccc(N=O)c1. The van der Waals surface area contributed by atoms with E-state index in [1.165, 1.54) is 18.2 Å². The summed E-state index contributed by atoms with van der Waals surface area (Å²) in [6.07, 6.45) is -0.974. The first-order valence-corrected chi connectivity index (χ1v) is 5.76. The number of nitrogens with one attached hydrogen (secondary N) is 2. The molecule has 0 atom stereocenters. The number of carbonyl (C=O) groups excluding carboxylic acids is 2. The Bertz CT molecular complexity index is 620. The number of benzene rings is 1. The Labute approximate surface area is 119 Å². The standard InChI is InChI=1S/C12H11N5O4/c1-2-21-12(19)14-11(18)10(7-13)16-15-8-4-3-5-9(6-8)17-20/h3-6,15H,2H2,1H3,(H,14,18,19)/b16-10-. The molecule has 0 aliphatic carbocycles. The number of ether oxygens (including phenoxy) is 1. The van der Waals surface area contributed by atoms with Gasteiger partial charge in [0, 0.05) is 0 Å². The van der Waals surface area contributed by atoms with E-state index in [-0.39, 0.29) is 12.3 Å². The number of nitrogens with zero attached hydrogens (tertiary/aromatic N) is 3. The van der Waals surface area contributed by atoms with Crippen LogP contribution < -0.4 is 10.7 Å². The number of hydrogen-bond donors (Lipinski definition) is 2. The van der Waals surface area contributed by atoms with Crippen molar-refractivity contribution in [1.82, 2.24) is 5.32 Å². The van der Waals surface area contributed by atoms with E-state index in [2.05, 4.69) is 20.4 Å². The van der Waals surface area contributed by atoms with Crippen molar-refractivity contribution in [3.63, 3.8) is 0 Å². The lowest BCUT2D eigenvalue weighted by atomic mass is 10.3. The monoisotopic (exact) mass is 289 g/mol. The summed E-state index contributed by atoms with van der Waals surface area (Å²) in [7, 11) is 0. The van der Waals surface area contributed by atoms with Gasteiger partial charge in [0.25, 0.3) is 5.91 Å². The molecule has 0 aliphatic heterocycles.